The van der Waals surface area contributed by atoms with Gasteiger partial charge in [-0.25, -0.2) is 4.79 Å². The number of carbonyl (C=O) groups is 2. The van der Waals surface area contributed by atoms with E-state index in [1.54, 1.807) is 4.90 Å². The van der Waals surface area contributed by atoms with E-state index in [0.717, 1.165) is 12.0 Å². The third-order valence-corrected chi connectivity index (χ3v) is 5.54. The predicted octanol–water partition coefficient (Wildman–Crippen LogP) is 5.28. The van der Waals surface area contributed by atoms with Crippen LogP contribution < -0.4 is 5.32 Å². The van der Waals surface area contributed by atoms with Crippen LogP contribution >= 0.6 is 0 Å². The van der Waals surface area contributed by atoms with E-state index in [-0.39, 0.29) is 24.7 Å². The van der Waals surface area contributed by atoms with Gasteiger partial charge in [0, 0.05) is 12.1 Å². The third-order valence-electron chi connectivity index (χ3n) is 5.54. The van der Waals surface area contributed by atoms with E-state index in [2.05, 4.69) is 33.0 Å². The summed E-state index contributed by atoms with van der Waals surface area (Å²) in [4.78, 5) is 27.6. The Labute approximate surface area is 193 Å². The van der Waals surface area contributed by atoms with Crippen molar-refractivity contribution in [2.24, 2.45) is 11.8 Å². The molecule has 32 heavy (non-hydrogen) atoms. The molecule has 0 unspecified atom stereocenters. The van der Waals surface area contributed by atoms with Gasteiger partial charge < -0.3 is 14.8 Å². The fourth-order valence-corrected chi connectivity index (χ4v) is 3.99. The fraction of sp³-hybridized carbons (Fsp3) is 0.615. The number of amides is 2. The van der Waals surface area contributed by atoms with E-state index >= 15 is 0 Å². The summed E-state index contributed by atoms with van der Waals surface area (Å²) in [5, 5.41) is 2.99. The lowest BCUT2D eigenvalue weighted by Gasteiger charge is -2.33. The average Bonchev–Trinajstić information content (AvgIpc) is 2.97. The third kappa shape index (κ3) is 7.09. The van der Waals surface area contributed by atoms with Crippen molar-refractivity contribution in [3.8, 4) is 0 Å². The number of hydrogen-bond acceptors (Lipinski definition) is 4. The molecule has 1 heterocycles. The SMILES string of the molecule is CC/C(=C/[C@@H]1OC(C)(C)N(C(=O)OCc2ccccc2)[C@H]1CC(C)C)C(=O)NCC(C)C. The lowest BCUT2D eigenvalue weighted by Crippen LogP contribution is -2.49. The molecule has 1 fully saturated rings. The molecular formula is C26H40N2O4. The molecule has 1 aromatic carbocycles. The molecule has 178 valence electrons. The van der Waals surface area contributed by atoms with Crippen LogP contribution in [0.5, 0.6) is 0 Å². The number of nitrogens with one attached hydrogen (secondary N) is 1. The van der Waals surface area contributed by atoms with E-state index < -0.39 is 11.8 Å². The fourth-order valence-electron chi connectivity index (χ4n) is 3.99. The molecule has 0 spiro atoms. The molecule has 1 aliphatic heterocycles. The van der Waals surface area contributed by atoms with Gasteiger partial charge in [-0.1, -0.05) is 65.0 Å². The van der Waals surface area contributed by atoms with Gasteiger partial charge in [-0.3, -0.25) is 9.69 Å². The van der Waals surface area contributed by atoms with E-state index in [1.807, 2.05) is 57.2 Å². The second kappa shape index (κ2) is 11.5. The van der Waals surface area contributed by atoms with Crippen LogP contribution in [0.15, 0.2) is 42.0 Å². The van der Waals surface area contributed by atoms with Gasteiger partial charge in [0.15, 0.2) is 0 Å². The smallest absolute Gasteiger partial charge is 0.412 e. The Balaban J connectivity index is 2.24. The first kappa shape index (κ1) is 25.9. The molecule has 2 rings (SSSR count). The molecule has 0 aliphatic carbocycles. The van der Waals surface area contributed by atoms with Gasteiger partial charge in [-0.15, -0.1) is 0 Å². The van der Waals surface area contributed by atoms with E-state index in [4.69, 9.17) is 9.47 Å². The molecule has 1 aliphatic rings. The van der Waals surface area contributed by atoms with Crippen LogP contribution in [0.3, 0.4) is 0 Å². The van der Waals surface area contributed by atoms with Gasteiger partial charge in [0.1, 0.15) is 12.3 Å². The van der Waals surface area contributed by atoms with Gasteiger partial charge in [-0.2, -0.15) is 0 Å². The first-order valence-electron chi connectivity index (χ1n) is 11.7. The second-order valence-electron chi connectivity index (χ2n) is 9.79. The molecule has 1 N–H and O–H groups in total. The number of benzene rings is 1. The Morgan fingerprint density at radius 3 is 2.38 bits per heavy atom. The maximum absolute atomic E-state index is 13.2. The van der Waals surface area contributed by atoms with Crippen molar-refractivity contribution < 1.29 is 19.1 Å². The topological polar surface area (TPSA) is 67.9 Å². The molecule has 0 bridgehead atoms. The van der Waals surface area contributed by atoms with Crippen molar-refractivity contribution in [2.45, 2.75) is 85.8 Å². The Bertz CT molecular complexity index is 786. The monoisotopic (exact) mass is 444 g/mol. The van der Waals surface area contributed by atoms with Crippen molar-refractivity contribution in [1.29, 1.82) is 0 Å². The highest BCUT2D eigenvalue weighted by molar-refractivity contribution is 5.93. The minimum atomic E-state index is -0.845. The first-order chi connectivity index (χ1) is 15.0. The minimum absolute atomic E-state index is 0.0731. The highest BCUT2D eigenvalue weighted by Gasteiger charge is 2.50. The van der Waals surface area contributed by atoms with Crippen molar-refractivity contribution in [1.82, 2.24) is 10.2 Å². The van der Waals surface area contributed by atoms with Crippen LogP contribution in [0.25, 0.3) is 0 Å². The maximum Gasteiger partial charge on any atom is 0.412 e. The van der Waals surface area contributed by atoms with Crippen molar-refractivity contribution in [2.75, 3.05) is 6.54 Å². The molecule has 0 aromatic heterocycles. The largest absolute Gasteiger partial charge is 0.444 e. The summed E-state index contributed by atoms with van der Waals surface area (Å²) < 4.78 is 12.0. The van der Waals surface area contributed by atoms with Crippen LogP contribution in [0, 0.1) is 11.8 Å². The zero-order valence-corrected chi connectivity index (χ0v) is 20.7. The molecule has 6 nitrogen and oxygen atoms in total. The molecule has 0 radical (unpaired) electrons. The molecular weight excluding hydrogens is 404 g/mol. The molecule has 1 saturated heterocycles. The Kier molecular flexibility index (Phi) is 9.32. The molecule has 2 atom stereocenters. The highest BCUT2D eigenvalue weighted by atomic mass is 16.6. The van der Waals surface area contributed by atoms with Crippen molar-refractivity contribution in [3.05, 3.63) is 47.5 Å². The van der Waals surface area contributed by atoms with Crippen molar-refractivity contribution >= 4 is 12.0 Å². The number of hydrogen-bond donors (Lipinski definition) is 1. The quantitative estimate of drug-likeness (QED) is 0.526. The van der Waals surface area contributed by atoms with Gasteiger partial charge >= 0.3 is 6.09 Å². The maximum atomic E-state index is 13.2. The summed E-state index contributed by atoms with van der Waals surface area (Å²) >= 11 is 0. The average molecular weight is 445 g/mol. The van der Waals surface area contributed by atoms with Crippen LogP contribution in [0.1, 0.15) is 66.9 Å². The van der Waals surface area contributed by atoms with Crippen LogP contribution in [0.4, 0.5) is 4.79 Å². The second-order valence-corrected chi connectivity index (χ2v) is 9.79. The summed E-state index contributed by atoms with van der Waals surface area (Å²) in [5.41, 5.74) is 0.771. The minimum Gasteiger partial charge on any atom is -0.444 e. The van der Waals surface area contributed by atoms with Gasteiger partial charge in [0.05, 0.1) is 12.1 Å². The standard InChI is InChI=1S/C26H40N2O4/c1-8-21(24(29)27-16-19(4)5)15-23-22(14-18(2)3)28(26(6,7)32-23)25(30)31-17-20-12-10-9-11-13-20/h9-13,15,18-19,22-23H,8,14,16-17H2,1-7H3,(H,27,29)/b21-15-/t22-,23-/m0/s1. The highest BCUT2D eigenvalue weighted by Crippen LogP contribution is 2.37. The Morgan fingerprint density at radius 1 is 1.16 bits per heavy atom. The van der Waals surface area contributed by atoms with Crippen LogP contribution in [0.2, 0.25) is 0 Å². The lowest BCUT2D eigenvalue weighted by molar-refractivity contribution is -0.117. The summed E-state index contributed by atoms with van der Waals surface area (Å²) in [6.45, 7) is 14.9. The first-order valence-corrected chi connectivity index (χ1v) is 11.7. The van der Waals surface area contributed by atoms with Crippen LogP contribution in [-0.4, -0.2) is 41.3 Å². The summed E-state index contributed by atoms with van der Waals surface area (Å²) in [6.07, 6.45) is 2.46. The lowest BCUT2D eigenvalue weighted by atomic mass is 9.96. The summed E-state index contributed by atoms with van der Waals surface area (Å²) in [7, 11) is 0. The van der Waals surface area contributed by atoms with Gasteiger partial charge in [0.2, 0.25) is 5.91 Å². The number of nitrogens with zero attached hydrogens (tertiary/aromatic N) is 1. The zero-order chi connectivity index (χ0) is 23.9. The predicted molar refractivity (Wildman–Crippen MR) is 127 cm³/mol. The van der Waals surface area contributed by atoms with E-state index in [0.29, 0.717) is 30.4 Å². The number of ether oxygens (including phenoxy) is 2. The normalized spacial score (nSPS) is 20.7. The van der Waals surface area contributed by atoms with E-state index in [9.17, 15) is 9.59 Å². The number of rotatable bonds is 9. The molecule has 6 heteroatoms. The van der Waals surface area contributed by atoms with E-state index in [1.165, 1.54) is 0 Å². The Hall–Kier alpha value is -2.34. The molecule has 0 saturated carbocycles. The number of carbonyl (C=O) groups excluding carboxylic acids is 2. The molecule has 1 aromatic rings. The summed E-state index contributed by atoms with van der Waals surface area (Å²) in [6, 6.07) is 9.42. The Morgan fingerprint density at radius 2 is 1.81 bits per heavy atom. The zero-order valence-electron chi connectivity index (χ0n) is 20.7. The van der Waals surface area contributed by atoms with Crippen LogP contribution in [-0.2, 0) is 20.9 Å². The van der Waals surface area contributed by atoms with Gasteiger partial charge in [0.25, 0.3) is 0 Å². The van der Waals surface area contributed by atoms with Crippen molar-refractivity contribution in [3.63, 3.8) is 0 Å². The summed E-state index contributed by atoms with van der Waals surface area (Å²) in [5.74, 6) is 0.649. The molecule has 2 amide bonds. The van der Waals surface area contributed by atoms with Gasteiger partial charge in [-0.05, 0) is 50.2 Å².